The normalized spacial score (nSPS) is 13.1. The summed E-state index contributed by atoms with van der Waals surface area (Å²) in [7, 11) is 0. The molecule has 102 valence electrons. The van der Waals surface area contributed by atoms with Crippen LogP contribution in [0.4, 0.5) is 0 Å². The summed E-state index contributed by atoms with van der Waals surface area (Å²) >= 11 is 5.77. The Labute approximate surface area is 111 Å². The van der Waals surface area contributed by atoms with E-state index in [4.69, 9.17) is 11.6 Å². The van der Waals surface area contributed by atoms with E-state index < -0.39 is 0 Å². The van der Waals surface area contributed by atoms with Crippen molar-refractivity contribution in [2.24, 2.45) is 11.8 Å². The minimum absolute atomic E-state index is 0.182. The number of hydrogen-bond donors (Lipinski definition) is 1. The molecule has 1 unspecified atom stereocenters. The van der Waals surface area contributed by atoms with E-state index >= 15 is 0 Å². The highest BCUT2D eigenvalue weighted by Crippen LogP contribution is 2.15. The zero-order valence-electron chi connectivity index (χ0n) is 11.8. The van der Waals surface area contributed by atoms with Crippen molar-refractivity contribution < 1.29 is 4.79 Å². The summed E-state index contributed by atoms with van der Waals surface area (Å²) in [5, 5.41) is 3.16. The molecule has 0 aromatic carbocycles. The Kier molecular flexibility index (Phi) is 9.62. The maximum Gasteiger partial charge on any atom is 0.223 e. The molecule has 2 nitrogen and oxygen atoms in total. The van der Waals surface area contributed by atoms with Crippen molar-refractivity contribution in [3.8, 4) is 0 Å². The Bertz CT molecular complexity index is 200. The molecule has 3 heteroatoms. The molecule has 0 aliphatic rings. The third kappa shape index (κ3) is 6.92. The van der Waals surface area contributed by atoms with E-state index in [0.29, 0.717) is 11.8 Å². The number of alkyl halides is 1. The molecular formula is C14H28ClNO. The molecule has 1 atom stereocenters. The number of carbonyl (C=O) groups excluding carboxylic acids is 1. The maximum atomic E-state index is 12.2. The summed E-state index contributed by atoms with van der Waals surface area (Å²) in [6.45, 7) is 8.53. The lowest BCUT2D eigenvalue weighted by Crippen LogP contribution is -2.42. The maximum absolute atomic E-state index is 12.2. The van der Waals surface area contributed by atoms with Crippen molar-refractivity contribution >= 4 is 17.5 Å². The van der Waals surface area contributed by atoms with Crippen LogP contribution in [0.2, 0.25) is 0 Å². The number of hydrogen-bond acceptors (Lipinski definition) is 1. The monoisotopic (exact) mass is 261 g/mol. The van der Waals surface area contributed by atoms with Crippen LogP contribution in [0.5, 0.6) is 0 Å². The summed E-state index contributed by atoms with van der Waals surface area (Å²) in [5.74, 6) is 1.45. The van der Waals surface area contributed by atoms with Gasteiger partial charge in [-0.15, -0.1) is 11.6 Å². The zero-order chi connectivity index (χ0) is 13.3. The number of rotatable bonds is 9. The summed E-state index contributed by atoms with van der Waals surface area (Å²) in [5.41, 5.74) is 0. The third-order valence-electron chi connectivity index (χ3n) is 3.20. The van der Waals surface area contributed by atoms with Gasteiger partial charge in [-0.1, -0.05) is 40.5 Å². The molecule has 0 radical (unpaired) electrons. The molecular weight excluding hydrogens is 234 g/mol. The topological polar surface area (TPSA) is 29.1 Å². The first-order valence-corrected chi connectivity index (χ1v) is 7.46. The average molecular weight is 262 g/mol. The largest absolute Gasteiger partial charge is 0.353 e. The van der Waals surface area contributed by atoms with Gasteiger partial charge in [-0.2, -0.15) is 0 Å². The highest BCUT2D eigenvalue weighted by molar-refractivity contribution is 6.17. The summed E-state index contributed by atoms with van der Waals surface area (Å²) < 4.78 is 0. The Hall–Kier alpha value is -0.240. The second kappa shape index (κ2) is 9.76. The molecule has 0 aliphatic heterocycles. The fraction of sp³-hybridized carbons (Fsp3) is 0.929. The first kappa shape index (κ1) is 16.8. The van der Waals surface area contributed by atoms with Crippen LogP contribution in [0, 0.1) is 11.8 Å². The SMILES string of the molecule is CCCC(CCC)C(=O)NC(CCCl)C(C)C. The van der Waals surface area contributed by atoms with Gasteiger partial charge in [0.15, 0.2) is 0 Å². The molecule has 0 aromatic heterocycles. The van der Waals surface area contributed by atoms with Gasteiger partial charge in [-0.25, -0.2) is 0 Å². The molecule has 0 aliphatic carbocycles. The molecule has 1 N–H and O–H groups in total. The van der Waals surface area contributed by atoms with Crippen LogP contribution < -0.4 is 5.32 Å². The van der Waals surface area contributed by atoms with Gasteiger partial charge in [0.05, 0.1) is 0 Å². The zero-order valence-corrected chi connectivity index (χ0v) is 12.5. The van der Waals surface area contributed by atoms with Crippen LogP contribution in [0.1, 0.15) is 59.8 Å². The highest BCUT2D eigenvalue weighted by atomic mass is 35.5. The van der Waals surface area contributed by atoms with Crippen molar-refractivity contribution in [1.82, 2.24) is 5.32 Å². The Morgan fingerprint density at radius 1 is 1.12 bits per heavy atom. The molecule has 17 heavy (non-hydrogen) atoms. The van der Waals surface area contributed by atoms with E-state index in [-0.39, 0.29) is 17.9 Å². The molecule has 0 spiro atoms. The standard InChI is InChI=1S/C14H28ClNO/c1-5-7-12(8-6-2)14(17)16-13(9-10-15)11(3)4/h11-13H,5-10H2,1-4H3,(H,16,17). The van der Waals surface area contributed by atoms with Crippen LogP contribution in [0.3, 0.4) is 0 Å². The number of nitrogens with one attached hydrogen (secondary N) is 1. The van der Waals surface area contributed by atoms with Gasteiger partial charge < -0.3 is 5.32 Å². The van der Waals surface area contributed by atoms with Crippen molar-refractivity contribution in [1.29, 1.82) is 0 Å². The fourth-order valence-electron chi connectivity index (χ4n) is 2.09. The molecule has 1 amide bonds. The van der Waals surface area contributed by atoms with Crippen molar-refractivity contribution in [3.05, 3.63) is 0 Å². The number of halogens is 1. The molecule has 0 fully saturated rings. The average Bonchev–Trinajstić information content (AvgIpc) is 2.28. The molecule has 0 saturated heterocycles. The van der Waals surface area contributed by atoms with Gasteiger partial charge in [0, 0.05) is 17.8 Å². The molecule has 0 heterocycles. The van der Waals surface area contributed by atoms with Crippen LogP contribution in [-0.2, 0) is 4.79 Å². The van der Waals surface area contributed by atoms with Gasteiger partial charge in [0.2, 0.25) is 5.91 Å². The fourth-order valence-corrected chi connectivity index (χ4v) is 2.33. The van der Waals surface area contributed by atoms with Gasteiger partial charge >= 0.3 is 0 Å². The van der Waals surface area contributed by atoms with Crippen molar-refractivity contribution in [3.63, 3.8) is 0 Å². The van der Waals surface area contributed by atoms with Gasteiger partial charge in [0.25, 0.3) is 0 Å². The predicted octanol–water partition coefficient (Wildman–Crippen LogP) is 3.97. The Balaban J connectivity index is 4.33. The van der Waals surface area contributed by atoms with Gasteiger partial charge in [-0.05, 0) is 25.2 Å². The lowest BCUT2D eigenvalue weighted by Gasteiger charge is -2.24. The first-order valence-electron chi connectivity index (χ1n) is 6.93. The Morgan fingerprint density at radius 2 is 1.65 bits per heavy atom. The van der Waals surface area contributed by atoms with E-state index in [1.54, 1.807) is 0 Å². The smallest absolute Gasteiger partial charge is 0.223 e. The van der Waals surface area contributed by atoms with Crippen LogP contribution >= 0.6 is 11.6 Å². The quantitative estimate of drug-likeness (QED) is 0.625. The van der Waals surface area contributed by atoms with Crippen molar-refractivity contribution in [2.45, 2.75) is 65.8 Å². The lowest BCUT2D eigenvalue weighted by atomic mass is 9.95. The van der Waals surface area contributed by atoms with Crippen molar-refractivity contribution in [2.75, 3.05) is 5.88 Å². The summed E-state index contributed by atoms with van der Waals surface area (Å²) in [6, 6.07) is 0.219. The first-order chi connectivity index (χ1) is 8.06. The minimum Gasteiger partial charge on any atom is -0.353 e. The van der Waals surface area contributed by atoms with E-state index in [1.165, 1.54) is 0 Å². The minimum atomic E-state index is 0.182. The van der Waals surface area contributed by atoms with Crippen LogP contribution in [0.25, 0.3) is 0 Å². The van der Waals surface area contributed by atoms with Gasteiger partial charge in [0.1, 0.15) is 0 Å². The lowest BCUT2D eigenvalue weighted by molar-refractivity contribution is -0.126. The number of amides is 1. The summed E-state index contributed by atoms with van der Waals surface area (Å²) in [4.78, 5) is 12.2. The molecule has 0 saturated carbocycles. The molecule has 0 bridgehead atoms. The van der Waals surface area contributed by atoms with Gasteiger partial charge in [-0.3, -0.25) is 4.79 Å². The van der Waals surface area contributed by atoms with Crippen LogP contribution in [-0.4, -0.2) is 17.8 Å². The predicted molar refractivity (Wildman–Crippen MR) is 75.4 cm³/mol. The van der Waals surface area contributed by atoms with E-state index in [9.17, 15) is 4.79 Å². The van der Waals surface area contributed by atoms with E-state index in [1.807, 2.05) is 0 Å². The van der Waals surface area contributed by atoms with E-state index in [2.05, 4.69) is 33.0 Å². The highest BCUT2D eigenvalue weighted by Gasteiger charge is 2.21. The second-order valence-electron chi connectivity index (χ2n) is 5.11. The Morgan fingerprint density at radius 3 is 2.00 bits per heavy atom. The van der Waals surface area contributed by atoms with E-state index in [0.717, 1.165) is 32.1 Å². The molecule has 0 aromatic rings. The van der Waals surface area contributed by atoms with Crippen LogP contribution in [0.15, 0.2) is 0 Å². The third-order valence-corrected chi connectivity index (χ3v) is 3.42. The summed E-state index contributed by atoms with van der Waals surface area (Å²) in [6.07, 6.45) is 4.98. The number of carbonyl (C=O) groups is 1. The molecule has 0 rings (SSSR count). The second-order valence-corrected chi connectivity index (χ2v) is 5.49.